The Bertz CT molecular complexity index is 235. The van der Waals surface area contributed by atoms with Crippen LogP contribution in [0.4, 0.5) is 0 Å². The number of guanidine groups is 1. The molecule has 0 atom stereocenters. The average molecular weight is 241 g/mol. The van der Waals surface area contributed by atoms with E-state index in [1.54, 1.807) is 0 Å². The van der Waals surface area contributed by atoms with Crippen molar-refractivity contribution in [1.29, 1.82) is 0 Å². The second kappa shape index (κ2) is 7.50. The topological polar surface area (TPSA) is 65.7 Å². The smallest absolute Gasteiger partial charge is 0.205 e. The summed E-state index contributed by atoms with van der Waals surface area (Å²) in [6.45, 7) is 6.40. The second-order valence-corrected chi connectivity index (χ2v) is 5.07. The lowest BCUT2D eigenvalue weighted by atomic mass is 10.2. The van der Waals surface area contributed by atoms with Gasteiger partial charge in [0.15, 0.2) is 0 Å². The Balaban J connectivity index is 2.06. The van der Waals surface area contributed by atoms with Crippen LogP contribution in [-0.4, -0.2) is 43.1 Å². The molecule has 4 N–H and O–H groups in total. The van der Waals surface area contributed by atoms with Crippen LogP contribution in [0, 0.1) is 0 Å². The van der Waals surface area contributed by atoms with Crippen LogP contribution in [0.25, 0.3) is 0 Å². The van der Waals surface area contributed by atoms with E-state index in [1.165, 1.54) is 19.3 Å². The predicted molar refractivity (Wildman–Crippen MR) is 72.8 cm³/mol. The minimum atomic E-state index is 0.594. The van der Waals surface area contributed by atoms with E-state index >= 15 is 0 Å². The molecular formula is C12H27N5. The number of hydrogen-bond acceptors (Lipinski definition) is 3. The minimum absolute atomic E-state index is 0.594. The number of nitrogens with two attached hydrogens (primary N) is 1. The zero-order valence-corrected chi connectivity index (χ0v) is 11.4. The predicted octanol–water partition coefficient (Wildman–Crippen LogP) is 0.678. The van der Waals surface area contributed by atoms with Gasteiger partial charge in [0.25, 0.3) is 0 Å². The fourth-order valence-corrected chi connectivity index (χ4v) is 1.48. The normalized spacial score (nSPS) is 16.7. The number of nitrogens with zero attached hydrogens (tertiary/aromatic N) is 2. The molecule has 5 heteroatoms. The third kappa shape index (κ3) is 6.48. The van der Waals surface area contributed by atoms with Crippen LogP contribution in [0.15, 0.2) is 4.99 Å². The molecule has 0 amide bonds. The summed E-state index contributed by atoms with van der Waals surface area (Å²) >= 11 is 0. The van der Waals surface area contributed by atoms with Crippen molar-refractivity contribution < 1.29 is 0 Å². The van der Waals surface area contributed by atoms with E-state index in [4.69, 9.17) is 5.84 Å². The molecule has 1 rings (SSSR count). The molecule has 1 aliphatic carbocycles. The molecule has 0 saturated heterocycles. The zero-order valence-electron chi connectivity index (χ0n) is 11.4. The van der Waals surface area contributed by atoms with Crippen LogP contribution in [0.1, 0.15) is 39.5 Å². The van der Waals surface area contributed by atoms with E-state index in [2.05, 4.69) is 41.5 Å². The van der Waals surface area contributed by atoms with Gasteiger partial charge in [0, 0.05) is 18.6 Å². The highest BCUT2D eigenvalue weighted by Gasteiger charge is 2.21. The minimum Gasteiger partial charge on any atom is -0.353 e. The van der Waals surface area contributed by atoms with E-state index < -0.39 is 0 Å². The number of nitrogens with one attached hydrogen (secondary N) is 2. The van der Waals surface area contributed by atoms with Crippen LogP contribution < -0.4 is 16.6 Å². The number of aliphatic imine (C=N–C) groups is 1. The quantitative estimate of drug-likeness (QED) is 0.202. The molecule has 0 unspecified atom stereocenters. The summed E-state index contributed by atoms with van der Waals surface area (Å²) in [6, 6.07) is 1.22. The third-order valence-corrected chi connectivity index (χ3v) is 3.13. The number of rotatable bonds is 7. The van der Waals surface area contributed by atoms with Gasteiger partial charge in [-0.3, -0.25) is 10.4 Å². The Hall–Kier alpha value is -0.810. The number of unbranched alkanes of at least 4 members (excludes halogenated alkanes) is 1. The van der Waals surface area contributed by atoms with Gasteiger partial charge in [0.2, 0.25) is 5.96 Å². The molecule has 1 fully saturated rings. The van der Waals surface area contributed by atoms with Crippen LogP contribution in [0.3, 0.4) is 0 Å². The molecule has 0 aromatic carbocycles. The number of hydrazine groups is 1. The van der Waals surface area contributed by atoms with Crippen molar-refractivity contribution in [3.63, 3.8) is 0 Å². The van der Waals surface area contributed by atoms with Crippen molar-refractivity contribution >= 4 is 5.96 Å². The van der Waals surface area contributed by atoms with Gasteiger partial charge < -0.3 is 10.2 Å². The standard InChI is InChI=1S/C12H27N5/c1-10(2)17(3)9-5-4-8-14-12(16-13)15-11-6-7-11/h10-11H,4-9,13H2,1-3H3,(H2,14,15,16). The lowest BCUT2D eigenvalue weighted by molar-refractivity contribution is 0.269. The van der Waals surface area contributed by atoms with Crippen molar-refractivity contribution in [3.8, 4) is 0 Å². The molecule has 1 aliphatic rings. The van der Waals surface area contributed by atoms with Crippen molar-refractivity contribution in [3.05, 3.63) is 0 Å². The van der Waals surface area contributed by atoms with Crippen molar-refractivity contribution in [2.75, 3.05) is 20.1 Å². The molecule has 0 spiro atoms. The molecule has 0 aliphatic heterocycles. The molecular weight excluding hydrogens is 214 g/mol. The summed E-state index contributed by atoms with van der Waals surface area (Å²) in [5.41, 5.74) is 2.62. The Labute approximate surface area is 105 Å². The molecule has 0 heterocycles. The van der Waals surface area contributed by atoms with E-state index in [-0.39, 0.29) is 0 Å². The first-order chi connectivity index (χ1) is 8.13. The first kappa shape index (κ1) is 14.3. The maximum Gasteiger partial charge on any atom is 0.205 e. The SMILES string of the molecule is CC(C)N(C)CCCCN=C(NN)NC1CC1. The van der Waals surface area contributed by atoms with Crippen LogP contribution in [0.2, 0.25) is 0 Å². The fourth-order valence-electron chi connectivity index (χ4n) is 1.48. The number of hydrogen-bond donors (Lipinski definition) is 3. The first-order valence-electron chi connectivity index (χ1n) is 6.61. The van der Waals surface area contributed by atoms with Crippen LogP contribution >= 0.6 is 0 Å². The van der Waals surface area contributed by atoms with Gasteiger partial charge in [-0.15, -0.1) is 0 Å². The summed E-state index contributed by atoms with van der Waals surface area (Å²) in [6.07, 6.45) is 4.76. The highest BCUT2D eigenvalue weighted by atomic mass is 15.3. The summed E-state index contributed by atoms with van der Waals surface area (Å²) in [4.78, 5) is 6.77. The lowest BCUT2D eigenvalue weighted by Crippen LogP contribution is -2.42. The Morgan fingerprint density at radius 3 is 2.65 bits per heavy atom. The van der Waals surface area contributed by atoms with Gasteiger partial charge in [-0.05, 0) is 53.1 Å². The highest BCUT2D eigenvalue weighted by Crippen LogP contribution is 2.18. The summed E-state index contributed by atoms with van der Waals surface area (Å²) in [5.74, 6) is 6.14. The third-order valence-electron chi connectivity index (χ3n) is 3.13. The van der Waals surface area contributed by atoms with Crippen molar-refractivity contribution in [1.82, 2.24) is 15.6 Å². The maximum absolute atomic E-state index is 5.40. The summed E-state index contributed by atoms with van der Waals surface area (Å²) in [7, 11) is 2.16. The van der Waals surface area contributed by atoms with E-state index in [1.807, 2.05) is 0 Å². The highest BCUT2D eigenvalue weighted by molar-refractivity contribution is 5.79. The molecule has 0 aromatic rings. The van der Waals surface area contributed by atoms with Gasteiger partial charge in [-0.1, -0.05) is 0 Å². The Morgan fingerprint density at radius 2 is 2.12 bits per heavy atom. The van der Waals surface area contributed by atoms with Gasteiger partial charge in [0.1, 0.15) is 0 Å². The molecule has 0 bridgehead atoms. The zero-order chi connectivity index (χ0) is 12.7. The Kier molecular flexibility index (Phi) is 6.29. The molecule has 1 saturated carbocycles. The summed E-state index contributed by atoms with van der Waals surface area (Å²) < 4.78 is 0. The molecule has 0 radical (unpaired) electrons. The fraction of sp³-hybridized carbons (Fsp3) is 0.917. The van der Waals surface area contributed by atoms with E-state index in [0.717, 1.165) is 25.5 Å². The monoisotopic (exact) mass is 241 g/mol. The van der Waals surface area contributed by atoms with Crippen LogP contribution in [-0.2, 0) is 0 Å². The molecule has 5 nitrogen and oxygen atoms in total. The maximum atomic E-state index is 5.40. The largest absolute Gasteiger partial charge is 0.353 e. The van der Waals surface area contributed by atoms with Gasteiger partial charge in [-0.25, -0.2) is 5.84 Å². The average Bonchev–Trinajstić information content (AvgIpc) is 3.10. The van der Waals surface area contributed by atoms with Crippen molar-refractivity contribution in [2.24, 2.45) is 10.8 Å². The van der Waals surface area contributed by atoms with Gasteiger partial charge >= 0.3 is 0 Å². The molecule has 100 valence electrons. The molecule has 0 aromatic heterocycles. The molecule has 17 heavy (non-hydrogen) atoms. The first-order valence-corrected chi connectivity index (χ1v) is 6.61. The van der Waals surface area contributed by atoms with E-state index in [0.29, 0.717) is 12.1 Å². The lowest BCUT2D eigenvalue weighted by Gasteiger charge is -2.20. The van der Waals surface area contributed by atoms with E-state index in [9.17, 15) is 0 Å². The Morgan fingerprint density at radius 1 is 1.41 bits per heavy atom. The van der Waals surface area contributed by atoms with Gasteiger partial charge in [0.05, 0.1) is 0 Å². The van der Waals surface area contributed by atoms with Crippen LogP contribution in [0.5, 0.6) is 0 Å². The van der Waals surface area contributed by atoms with Gasteiger partial charge in [-0.2, -0.15) is 0 Å². The second-order valence-electron chi connectivity index (χ2n) is 5.07. The summed E-state index contributed by atoms with van der Waals surface area (Å²) in [5, 5.41) is 3.26. The van der Waals surface area contributed by atoms with Crippen molar-refractivity contribution in [2.45, 2.75) is 51.6 Å².